The fraction of sp³-hybridized carbons (Fsp3) is 0.500. The van der Waals surface area contributed by atoms with Crippen LogP contribution in [0, 0.1) is 17.2 Å². The highest BCUT2D eigenvalue weighted by Gasteiger charge is 2.18. The second kappa shape index (κ2) is 7.66. The van der Waals surface area contributed by atoms with Crippen LogP contribution in [0.15, 0.2) is 30.3 Å². The van der Waals surface area contributed by atoms with Gasteiger partial charge in [0.25, 0.3) is 0 Å². The van der Waals surface area contributed by atoms with Gasteiger partial charge >= 0.3 is 0 Å². The molecule has 0 aromatic heterocycles. The average Bonchev–Trinajstić information content (AvgIpc) is 2.99. The Morgan fingerprint density at radius 3 is 2.65 bits per heavy atom. The minimum atomic E-state index is -0.601. The fourth-order valence-electron chi connectivity index (χ4n) is 2.51. The molecule has 0 radical (unpaired) electrons. The van der Waals surface area contributed by atoms with Gasteiger partial charge in [0, 0.05) is 13.1 Å². The number of nitriles is 1. The summed E-state index contributed by atoms with van der Waals surface area (Å²) in [6.07, 6.45) is 2.98. The highest BCUT2D eigenvalue weighted by Crippen LogP contribution is 2.09. The highest BCUT2D eigenvalue weighted by molar-refractivity contribution is 5.81. The minimum Gasteiger partial charge on any atom is -0.354 e. The molecule has 1 aromatic rings. The van der Waals surface area contributed by atoms with E-state index in [-0.39, 0.29) is 5.91 Å². The molecule has 106 valence electrons. The molecule has 1 N–H and O–H groups in total. The average molecular weight is 271 g/mol. The van der Waals surface area contributed by atoms with Crippen molar-refractivity contribution in [1.82, 2.24) is 10.2 Å². The Kier molecular flexibility index (Phi) is 5.57. The molecule has 1 fully saturated rings. The Morgan fingerprint density at radius 1 is 1.30 bits per heavy atom. The van der Waals surface area contributed by atoms with Crippen molar-refractivity contribution in [2.75, 3.05) is 26.2 Å². The third-order valence-corrected chi connectivity index (χ3v) is 3.68. The number of nitrogens with zero attached hydrogens (tertiary/aromatic N) is 2. The Labute approximate surface area is 120 Å². The van der Waals surface area contributed by atoms with Crippen LogP contribution in [0.3, 0.4) is 0 Å². The molecule has 1 saturated heterocycles. The van der Waals surface area contributed by atoms with Crippen molar-refractivity contribution in [3.63, 3.8) is 0 Å². The Balaban J connectivity index is 1.75. The number of carbonyl (C=O) groups excluding carboxylic acids is 1. The van der Waals surface area contributed by atoms with Gasteiger partial charge in [0.15, 0.2) is 0 Å². The molecule has 0 spiro atoms. The third kappa shape index (κ3) is 4.36. The van der Waals surface area contributed by atoms with Crippen LogP contribution in [0.5, 0.6) is 0 Å². The Bertz CT molecular complexity index is 460. The van der Waals surface area contributed by atoms with Gasteiger partial charge in [-0.3, -0.25) is 4.79 Å². The molecular formula is C16H21N3O. The lowest BCUT2D eigenvalue weighted by Gasteiger charge is -2.16. The number of hydrogen-bond donors (Lipinski definition) is 1. The molecule has 1 atom stereocenters. The second-order valence-corrected chi connectivity index (χ2v) is 5.21. The van der Waals surface area contributed by atoms with E-state index in [0.717, 1.165) is 25.2 Å². The zero-order valence-corrected chi connectivity index (χ0v) is 11.7. The number of amides is 1. The van der Waals surface area contributed by atoms with Crippen molar-refractivity contribution in [3.8, 4) is 6.07 Å². The van der Waals surface area contributed by atoms with Crippen LogP contribution in [0.1, 0.15) is 18.4 Å². The topological polar surface area (TPSA) is 56.1 Å². The summed E-state index contributed by atoms with van der Waals surface area (Å²) in [4.78, 5) is 14.3. The van der Waals surface area contributed by atoms with E-state index in [2.05, 4.69) is 16.3 Å². The molecule has 4 nitrogen and oxygen atoms in total. The zero-order chi connectivity index (χ0) is 14.2. The predicted octanol–water partition coefficient (Wildman–Crippen LogP) is 1.58. The van der Waals surface area contributed by atoms with Gasteiger partial charge in [0.1, 0.15) is 5.92 Å². The normalized spacial score (nSPS) is 16.6. The van der Waals surface area contributed by atoms with Gasteiger partial charge in [-0.2, -0.15) is 5.26 Å². The molecule has 1 heterocycles. The van der Waals surface area contributed by atoms with Crippen LogP contribution < -0.4 is 5.32 Å². The molecule has 1 aliphatic rings. The van der Waals surface area contributed by atoms with Crippen molar-refractivity contribution in [1.29, 1.82) is 5.26 Å². The quantitative estimate of drug-likeness (QED) is 0.854. The summed E-state index contributed by atoms with van der Waals surface area (Å²) < 4.78 is 0. The largest absolute Gasteiger partial charge is 0.354 e. The van der Waals surface area contributed by atoms with Crippen molar-refractivity contribution in [2.45, 2.75) is 19.3 Å². The summed E-state index contributed by atoms with van der Waals surface area (Å²) in [5, 5.41) is 12.0. The predicted molar refractivity (Wildman–Crippen MR) is 77.9 cm³/mol. The van der Waals surface area contributed by atoms with Crippen LogP contribution in [0.25, 0.3) is 0 Å². The maximum atomic E-state index is 12.0. The number of carbonyl (C=O) groups is 1. The van der Waals surface area contributed by atoms with Crippen LogP contribution >= 0.6 is 0 Å². The number of benzene rings is 1. The van der Waals surface area contributed by atoms with Gasteiger partial charge in [0.05, 0.1) is 6.07 Å². The molecule has 2 rings (SSSR count). The number of hydrogen-bond acceptors (Lipinski definition) is 3. The Hall–Kier alpha value is -1.86. The molecule has 0 aliphatic carbocycles. The van der Waals surface area contributed by atoms with Crippen LogP contribution in [-0.2, 0) is 11.2 Å². The summed E-state index contributed by atoms with van der Waals surface area (Å²) in [7, 11) is 0. The van der Waals surface area contributed by atoms with E-state index in [4.69, 9.17) is 5.26 Å². The molecule has 1 unspecified atom stereocenters. The summed E-state index contributed by atoms with van der Waals surface area (Å²) in [6.45, 7) is 3.77. The van der Waals surface area contributed by atoms with Gasteiger partial charge in [0.2, 0.25) is 5.91 Å². The molecule has 20 heavy (non-hydrogen) atoms. The lowest BCUT2D eigenvalue weighted by atomic mass is 10.00. The smallest absolute Gasteiger partial charge is 0.237 e. The number of rotatable bonds is 6. The van der Waals surface area contributed by atoms with Crippen molar-refractivity contribution in [3.05, 3.63) is 35.9 Å². The minimum absolute atomic E-state index is 0.157. The van der Waals surface area contributed by atoms with E-state index < -0.39 is 5.92 Å². The molecule has 0 saturated carbocycles. The zero-order valence-electron chi connectivity index (χ0n) is 11.7. The van der Waals surface area contributed by atoms with E-state index in [1.807, 2.05) is 30.3 Å². The van der Waals surface area contributed by atoms with Gasteiger partial charge < -0.3 is 10.2 Å². The SMILES string of the molecule is N#CC(Cc1ccccc1)C(=O)NCCN1CCCC1. The lowest BCUT2D eigenvalue weighted by Crippen LogP contribution is -2.37. The van der Waals surface area contributed by atoms with Gasteiger partial charge in [-0.05, 0) is 37.9 Å². The first-order valence-electron chi connectivity index (χ1n) is 7.23. The first-order valence-corrected chi connectivity index (χ1v) is 7.23. The summed E-state index contributed by atoms with van der Waals surface area (Å²) in [6, 6.07) is 11.8. The number of likely N-dealkylation sites (tertiary alicyclic amines) is 1. The van der Waals surface area contributed by atoms with E-state index in [1.54, 1.807) is 0 Å². The standard InChI is InChI=1S/C16H21N3O/c17-13-15(12-14-6-2-1-3-7-14)16(20)18-8-11-19-9-4-5-10-19/h1-3,6-7,15H,4-5,8-12H2,(H,18,20). The maximum Gasteiger partial charge on any atom is 0.237 e. The summed E-state index contributed by atoms with van der Waals surface area (Å²) in [5.41, 5.74) is 1.02. The van der Waals surface area contributed by atoms with E-state index in [9.17, 15) is 4.79 Å². The summed E-state index contributed by atoms with van der Waals surface area (Å²) in [5.74, 6) is -0.758. The third-order valence-electron chi connectivity index (χ3n) is 3.68. The highest BCUT2D eigenvalue weighted by atomic mass is 16.1. The van der Waals surface area contributed by atoms with Gasteiger partial charge in [-0.25, -0.2) is 0 Å². The Morgan fingerprint density at radius 2 is 2.00 bits per heavy atom. The van der Waals surface area contributed by atoms with Gasteiger partial charge in [-0.1, -0.05) is 30.3 Å². The maximum absolute atomic E-state index is 12.0. The lowest BCUT2D eigenvalue weighted by molar-refractivity contribution is -0.123. The number of nitrogens with one attached hydrogen (secondary N) is 1. The monoisotopic (exact) mass is 271 g/mol. The van der Waals surface area contributed by atoms with E-state index >= 15 is 0 Å². The van der Waals surface area contributed by atoms with E-state index in [0.29, 0.717) is 13.0 Å². The van der Waals surface area contributed by atoms with E-state index in [1.165, 1.54) is 12.8 Å². The molecule has 4 heteroatoms. The van der Waals surface area contributed by atoms with Crippen LogP contribution in [0.4, 0.5) is 0 Å². The van der Waals surface area contributed by atoms with Crippen molar-refractivity contribution >= 4 is 5.91 Å². The molecule has 1 amide bonds. The van der Waals surface area contributed by atoms with Gasteiger partial charge in [-0.15, -0.1) is 0 Å². The molecule has 1 aromatic carbocycles. The van der Waals surface area contributed by atoms with Crippen molar-refractivity contribution in [2.24, 2.45) is 5.92 Å². The second-order valence-electron chi connectivity index (χ2n) is 5.21. The molecule has 1 aliphatic heterocycles. The summed E-state index contributed by atoms with van der Waals surface area (Å²) >= 11 is 0. The van der Waals surface area contributed by atoms with Crippen molar-refractivity contribution < 1.29 is 4.79 Å². The first-order chi connectivity index (χ1) is 9.79. The first kappa shape index (κ1) is 14.5. The van der Waals surface area contributed by atoms with Crippen LogP contribution in [-0.4, -0.2) is 37.0 Å². The molecule has 0 bridgehead atoms. The fourth-order valence-corrected chi connectivity index (χ4v) is 2.51. The van der Waals surface area contributed by atoms with Crippen LogP contribution in [0.2, 0.25) is 0 Å². The molecular weight excluding hydrogens is 250 g/mol.